The number of para-hydroxylation sites is 1. The number of fused-ring (bicyclic) bond motifs is 1. The number of nitrogens with one attached hydrogen (secondary N) is 1. The molecule has 0 bridgehead atoms. The van der Waals surface area contributed by atoms with Gasteiger partial charge in [-0.05, 0) is 11.6 Å². The molecule has 1 aliphatic heterocycles. The summed E-state index contributed by atoms with van der Waals surface area (Å²) in [7, 11) is 1.77. The quantitative estimate of drug-likeness (QED) is 0.717. The van der Waals surface area contributed by atoms with Gasteiger partial charge < -0.3 is 5.32 Å². The van der Waals surface area contributed by atoms with Crippen molar-refractivity contribution in [1.82, 2.24) is 5.32 Å². The second kappa shape index (κ2) is 7.74. The largest absolute Gasteiger partial charge is 0.334 e. The molecule has 0 atom stereocenters. The minimum Gasteiger partial charge on any atom is -0.334 e. The third kappa shape index (κ3) is 3.26. The maximum absolute atomic E-state index is 11.2. The van der Waals surface area contributed by atoms with Crippen molar-refractivity contribution in [2.45, 2.75) is 34.2 Å². The van der Waals surface area contributed by atoms with E-state index in [4.69, 9.17) is 0 Å². The van der Waals surface area contributed by atoms with Crippen LogP contribution in [0.5, 0.6) is 0 Å². The van der Waals surface area contributed by atoms with Crippen LogP contribution in [0, 0.1) is 0 Å². The molecule has 0 saturated heterocycles. The first kappa shape index (κ1) is 14.5. The zero-order valence-corrected chi connectivity index (χ0v) is 10.9. The number of anilines is 1. The first-order valence-corrected chi connectivity index (χ1v) is 5.88. The Kier molecular flexibility index (Phi) is 7.01. The van der Waals surface area contributed by atoms with Crippen molar-refractivity contribution in [3.63, 3.8) is 0 Å². The van der Waals surface area contributed by atoms with Crippen molar-refractivity contribution >= 4 is 11.7 Å². The molecule has 0 aromatic heterocycles. The number of hydrogen-bond acceptors (Lipinski definition) is 1. The first-order valence-electron chi connectivity index (χ1n) is 5.88. The van der Waals surface area contributed by atoms with Crippen molar-refractivity contribution in [3.8, 4) is 0 Å². The van der Waals surface area contributed by atoms with E-state index in [1.165, 1.54) is 5.56 Å². The summed E-state index contributed by atoms with van der Waals surface area (Å²) in [6.45, 7) is 8.64. The summed E-state index contributed by atoms with van der Waals surface area (Å²) < 4.78 is 0. The monoisotopic (exact) mass is 222 g/mol. The van der Waals surface area contributed by atoms with Crippen LogP contribution in [0.2, 0.25) is 0 Å². The summed E-state index contributed by atoms with van der Waals surface area (Å²) in [6, 6.07) is 7.85. The minimum absolute atomic E-state index is 0.0336. The first-order chi connectivity index (χ1) is 7.79. The highest BCUT2D eigenvalue weighted by Gasteiger charge is 2.18. The number of nitrogens with zero attached hydrogens (tertiary/aromatic N) is 1. The summed E-state index contributed by atoms with van der Waals surface area (Å²) in [4.78, 5) is 12.8. The SMILES string of the molecule is CC.CC.CN1C(=O)NCc2ccccc21. The van der Waals surface area contributed by atoms with E-state index in [9.17, 15) is 4.79 Å². The maximum Gasteiger partial charge on any atom is 0.321 e. The van der Waals surface area contributed by atoms with Crippen LogP contribution in [0.1, 0.15) is 33.3 Å². The van der Waals surface area contributed by atoms with E-state index >= 15 is 0 Å². The van der Waals surface area contributed by atoms with Gasteiger partial charge in [-0.3, -0.25) is 4.90 Å². The molecule has 3 heteroatoms. The van der Waals surface area contributed by atoms with E-state index in [1.807, 2.05) is 52.0 Å². The topological polar surface area (TPSA) is 32.3 Å². The number of hydrogen-bond donors (Lipinski definition) is 1. The summed E-state index contributed by atoms with van der Waals surface area (Å²) in [6.07, 6.45) is 0. The van der Waals surface area contributed by atoms with Crippen molar-refractivity contribution in [3.05, 3.63) is 29.8 Å². The zero-order chi connectivity index (χ0) is 12.6. The van der Waals surface area contributed by atoms with Crippen LogP contribution in [0.15, 0.2) is 24.3 Å². The second-order valence-electron chi connectivity index (χ2n) is 2.85. The van der Waals surface area contributed by atoms with Gasteiger partial charge in [-0.1, -0.05) is 45.9 Å². The lowest BCUT2D eigenvalue weighted by Gasteiger charge is -2.26. The Morgan fingerprint density at radius 2 is 1.69 bits per heavy atom. The van der Waals surface area contributed by atoms with E-state index in [0.29, 0.717) is 6.54 Å². The third-order valence-corrected chi connectivity index (χ3v) is 2.09. The van der Waals surface area contributed by atoms with Crippen LogP contribution >= 0.6 is 0 Å². The number of benzene rings is 1. The molecule has 0 fully saturated rings. The van der Waals surface area contributed by atoms with Gasteiger partial charge in [0.15, 0.2) is 0 Å². The van der Waals surface area contributed by atoms with E-state index in [0.717, 1.165) is 5.69 Å². The molecule has 0 radical (unpaired) electrons. The van der Waals surface area contributed by atoms with Crippen LogP contribution in [0.4, 0.5) is 10.5 Å². The smallest absolute Gasteiger partial charge is 0.321 e. The second-order valence-corrected chi connectivity index (χ2v) is 2.85. The molecule has 0 saturated carbocycles. The van der Waals surface area contributed by atoms with Gasteiger partial charge in [-0.15, -0.1) is 0 Å². The Hall–Kier alpha value is -1.51. The normalized spacial score (nSPS) is 12.3. The van der Waals surface area contributed by atoms with Crippen LogP contribution in [0.25, 0.3) is 0 Å². The molecular formula is C13H22N2O. The highest BCUT2D eigenvalue weighted by molar-refractivity contribution is 5.94. The van der Waals surface area contributed by atoms with Gasteiger partial charge in [-0.25, -0.2) is 4.79 Å². The Morgan fingerprint density at radius 1 is 1.12 bits per heavy atom. The summed E-state index contributed by atoms with van der Waals surface area (Å²) in [5.41, 5.74) is 2.17. The fourth-order valence-corrected chi connectivity index (χ4v) is 1.39. The highest BCUT2D eigenvalue weighted by atomic mass is 16.2. The summed E-state index contributed by atoms with van der Waals surface area (Å²) in [5.74, 6) is 0. The maximum atomic E-state index is 11.2. The number of amides is 2. The zero-order valence-electron chi connectivity index (χ0n) is 10.9. The molecular weight excluding hydrogens is 200 g/mol. The Balaban J connectivity index is 0.000000509. The predicted octanol–water partition coefficient (Wildman–Crippen LogP) is 3.40. The van der Waals surface area contributed by atoms with Gasteiger partial charge in [0.05, 0.1) is 5.69 Å². The molecule has 90 valence electrons. The minimum atomic E-state index is -0.0336. The summed E-state index contributed by atoms with van der Waals surface area (Å²) >= 11 is 0. The van der Waals surface area contributed by atoms with Crippen LogP contribution in [0.3, 0.4) is 0 Å². The van der Waals surface area contributed by atoms with E-state index in [1.54, 1.807) is 11.9 Å². The van der Waals surface area contributed by atoms with Crippen LogP contribution in [-0.4, -0.2) is 13.1 Å². The Labute approximate surface area is 98.5 Å². The number of carbonyl (C=O) groups excluding carboxylic acids is 1. The van der Waals surface area contributed by atoms with E-state index < -0.39 is 0 Å². The fourth-order valence-electron chi connectivity index (χ4n) is 1.39. The lowest BCUT2D eigenvalue weighted by molar-refractivity contribution is 0.246. The average Bonchev–Trinajstić information content (AvgIpc) is 2.39. The average molecular weight is 222 g/mol. The molecule has 0 aliphatic carbocycles. The predicted molar refractivity (Wildman–Crippen MR) is 69.8 cm³/mol. The van der Waals surface area contributed by atoms with Crippen molar-refractivity contribution in [2.24, 2.45) is 0 Å². The molecule has 0 spiro atoms. The molecule has 1 aromatic rings. The lowest BCUT2D eigenvalue weighted by atomic mass is 10.1. The van der Waals surface area contributed by atoms with Gasteiger partial charge in [0.2, 0.25) is 0 Å². The van der Waals surface area contributed by atoms with Gasteiger partial charge in [-0.2, -0.15) is 0 Å². The molecule has 1 aliphatic rings. The fraction of sp³-hybridized carbons (Fsp3) is 0.462. The van der Waals surface area contributed by atoms with Crippen LogP contribution in [-0.2, 0) is 6.54 Å². The highest BCUT2D eigenvalue weighted by Crippen LogP contribution is 2.21. The molecule has 2 rings (SSSR count). The lowest BCUT2D eigenvalue weighted by Crippen LogP contribution is -2.41. The molecule has 3 nitrogen and oxygen atoms in total. The van der Waals surface area contributed by atoms with Crippen LogP contribution < -0.4 is 10.2 Å². The molecule has 1 aromatic carbocycles. The Bertz CT molecular complexity index is 323. The number of urea groups is 1. The molecule has 1 heterocycles. The van der Waals surface area contributed by atoms with Gasteiger partial charge >= 0.3 is 6.03 Å². The Morgan fingerprint density at radius 3 is 2.31 bits per heavy atom. The standard InChI is InChI=1S/C9H10N2O.2C2H6/c1-11-8-5-3-2-4-7(8)6-10-9(11)12;2*1-2/h2-5H,6H2,1H3,(H,10,12);2*1-2H3. The van der Waals surface area contributed by atoms with E-state index in [-0.39, 0.29) is 6.03 Å². The molecule has 1 N–H and O–H groups in total. The van der Waals surface area contributed by atoms with Crippen molar-refractivity contribution in [1.29, 1.82) is 0 Å². The van der Waals surface area contributed by atoms with E-state index in [2.05, 4.69) is 5.32 Å². The number of rotatable bonds is 0. The summed E-state index contributed by atoms with van der Waals surface area (Å²) in [5, 5.41) is 2.77. The van der Waals surface area contributed by atoms with Gasteiger partial charge in [0.1, 0.15) is 0 Å². The van der Waals surface area contributed by atoms with Crippen molar-refractivity contribution < 1.29 is 4.79 Å². The number of carbonyl (C=O) groups is 1. The van der Waals surface area contributed by atoms with Gasteiger partial charge in [0, 0.05) is 13.6 Å². The van der Waals surface area contributed by atoms with Crippen molar-refractivity contribution in [2.75, 3.05) is 11.9 Å². The molecule has 16 heavy (non-hydrogen) atoms. The van der Waals surface area contributed by atoms with Gasteiger partial charge in [0.25, 0.3) is 0 Å². The molecule has 2 amide bonds. The third-order valence-electron chi connectivity index (χ3n) is 2.09. The molecule has 0 unspecified atom stereocenters.